The number of carbonyl (C=O) groups excluding carboxylic acids is 1. The van der Waals surface area contributed by atoms with E-state index in [1.165, 1.54) is 0 Å². The van der Waals surface area contributed by atoms with Crippen molar-refractivity contribution in [2.24, 2.45) is 0 Å². The Bertz CT molecular complexity index is 694. The Hall–Kier alpha value is -2.30. The Kier molecular flexibility index (Phi) is 4.54. The molecule has 1 aromatic heterocycles. The number of ether oxygens (including phenoxy) is 1. The first-order valence-electron chi connectivity index (χ1n) is 7.27. The largest absolute Gasteiger partial charge is 0.481 e. The highest BCUT2D eigenvalue weighted by molar-refractivity contribution is 5.83. The van der Waals surface area contributed by atoms with Crippen LogP contribution in [-0.4, -0.2) is 27.2 Å². The van der Waals surface area contributed by atoms with Crippen LogP contribution in [0.15, 0.2) is 30.3 Å². The summed E-state index contributed by atoms with van der Waals surface area (Å²) in [4.78, 5) is 22.9. The number of aryl methyl sites for hydroxylation is 1. The van der Waals surface area contributed by atoms with Gasteiger partial charge in [0, 0.05) is 11.2 Å². The van der Waals surface area contributed by atoms with E-state index in [0.717, 1.165) is 16.6 Å². The monoisotopic (exact) mass is 303 g/mol. The van der Waals surface area contributed by atoms with Crippen LogP contribution in [0.1, 0.15) is 32.9 Å². The van der Waals surface area contributed by atoms with Crippen molar-refractivity contribution in [1.29, 1.82) is 0 Å². The molecule has 22 heavy (non-hydrogen) atoms. The summed E-state index contributed by atoms with van der Waals surface area (Å²) < 4.78 is 7.20. The number of para-hydroxylation sites is 1. The molecule has 0 atom stereocenters. The molecule has 0 bridgehead atoms. The average molecular weight is 303 g/mol. The molecule has 118 valence electrons. The van der Waals surface area contributed by atoms with Crippen molar-refractivity contribution in [2.75, 3.05) is 0 Å². The predicted molar refractivity (Wildman–Crippen MR) is 83.7 cm³/mol. The number of nitrogens with zero attached hydrogens (tertiary/aromatic N) is 1. The Balaban J connectivity index is 2.30. The van der Waals surface area contributed by atoms with Crippen molar-refractivity contribution < 1.29 is 19.4 Å². The third-order valence-corrected chi connectivity index (χ3v) is 3.20. The van der Waals surface area contributed by atoms with Gasteiger partial charge < -0.3 is 14.4 Å². The van der Waals surface area contributed by atoms with Gasteiger partial charge in [0.2, 0.25) is 0 Å². The number of hydrogen-bond donors (Lipinski definition) is 1. The molecule has 2 rings (SSSR count). The molecule has 5 heteroatoms. The minimum Gasteiger partial charge on any atom is -0.481 e. The number of rotatable bonds is 5. The van der Waals surface area contributed by atoms with Crippen molar-refractivity contribution >= 4 is 22.8 Å². The van der Waals surface area contributed by atoms with E-state index < -0.39 is 11.6 Å². The molecule has 2 aromatic rings. The first kappa shape index (κ1) is 16.1. The zero-order chi connectivity index (χ0) is 16.3. The smallest absolute Gasteiger partial charge is 0.326 e. The molecule has 0 amide bonds. The molecule has 0 aliphatic heterocycles. The molecule has 0 saturated carbocycles. The number of aliphatic carboxylic acids is 1. The minimum absolute atomic E-state index is 0.0324. The van der Waals surface area contributed by atoms with E-state index in [2.05, 4.69) is 0 Å². The Morgan fingerprint density at radius 1 is 1.23 bits per heavy atom. The summed E-state index contributed by atoms with van der Waals surface area (Å²) in [7, 11) is 0. The summed E-state index contributed by atoms with van der Waals surface area (Å²) in [6.45, 7) is 5.55. The summed E-state index contributed by atoms with van der Waals surface area (Å²) in [5.41, 5.74) is 1.20. The third-order valence-electron chi connectivity index (χ3n) is 3.20. The summed E-state index contributed by atoms with van der Waals surface area (Å²) in [6, 6.07) is 9.62. The van der Waals surface area contributed by atoms with E-state index in [1.807, 2.05) is 55.7 Å². The van der Waals surface area contributed by atoms with Crippen LogP contribution < -0.4 is 0 Å². The van der Waals surface area contributed by atoms with E-state index in [-0.39, 0.29) is 18.9 Å². The van der Waals surface area contributed by atoms with Crippen molar-refractivity contribution in [2.45, 2.75) is 45.8 Å². The SMILES string of the molecule is CC(C)(C)OC(=O)Cn1c(CCC(=O)O)cc2ccccc21. The maximum Gasteiger partial charge on any atom is 0.326 e. The molecule has 0 saturated heterocycles. The number of carboxylic acid groups (broad SMARTS) is 1. The number of esters is 1. The van der Waals surface area contributed by atoms with Crippen LogP contribution in [0.4, 0.5) is 0 Å². The quantitative estimate of drug-likeness (QED) is 0.862. The Morgan fingerprint density at radius 2 is 1.91 bits per heavy atom. The molecule has 1 heterocycles. The molecule has 0 aliphatic carbocycles. The van der Waals surface area contributed by atoms with Gasteiger partial charge in [-0.3, -0.25) is 9.59 Å². The van der Waals surface area contributed by atoms with Gasteiger partial charge in [-0.25, -0.2) is 0 Å². The lowest BCUT2D eigenvalue weighted by Gasteiger charge is -2.20. The molecule has 0 aliphatic rings. The lowest BCUT2D eigenvalue weighted by molar-refractivity contribution is -0.155. The average Bonchev–Trinajstić information content (AvgIpc) is 2.72. The van der Waals surface area contributed by atoms with E-state index in [4.69, 9.17) is 9.84 Å². The van der Waals surface area contributed by atoms with Crippen LogP contribution in [0, 0.1) is 0 Å². The Labute approximate surface area is 129 Å². The fourth-order valence-corrected chi connectivity index (χ4v) is 2.40. The van der Waals surface area contributed by atoms with Gasteiger partial charge in [-0.05, 0) is 44.7 Å². The summed E-state index contributed by atoms with van der Waals surface area (Å²) >= 11 is 0. The maximum absolute atomic E-state index is 12.1. The second-order valence-electron chi connectivity index (χ2n) is 6.26. The van der Waals surface area contributed by atoms with Gasteiger partial charge in [-0.1, -0.05) is 18.2 Å². The van der Waals surface area contributed by atoms with Crippen LogP contribution in [-0.2, 0) is 27.3 Å². The molecule has 0 fully saturated rings. The van der Waals surface area contributed by atoms with Gasteiger partial charge in [-0.15, -0.1) is 0 Å². The highest BCUT2D eigenvalue weighted by Gasteiger charge is 2.19. The van der Waals surface area contributed by atoms with E-state index in [9.17, 15) is 9.59 Å². The number of aromatic nitrogens is 1. The standard InChI is InChI=1S/C17H21NO4/c1-17(2,3)22-16(21)11-18-13(8-9-15(19)20)10-12-6-4-5-7-14(12)18/h4-7,10H,8-9,11H2,1-3H3,(H,19,20). The summed E-state index contributed by atoms with van der Waals surface area (Å²) in [5.74, 6) is -1.18. The number of carboxylic acids is 1. The molecular formula is C17H21NO4. The van der Waals surface area contributed by atoms with E-state index in [1.54, 1.807) is 0 Å². The predicted octanol–water partition coefficient (Wildman–Crippen LogP) is 3.00. The van der Waals surface area contributed by atoms with Gasteiger partial charge >= 0.3 is 11.9 Å². The van der Waals surface area contributed by atoms with E-state index >= 15 is 0 Å². The summed E-state index contributed by atoms with van der Waals surface area (Å²) in [5, 5.41) is 9.87. The molecule has 5 nitrogen and oxygen atoms in total. The van der Waals surface area contributed by atoms with E-state index in [0.29, 0.717) is 6.42 Å². The fourth-order valence-electron chi connectivity index (χ4n) is 2.40. The molecule has 0 unspecified atom stereocenters. The Morgan fingerprint density at radius 3 is 2.55 bits per heavy atom. The zero-order valence-corrected chi connectivity index (χ0v) is 13.1. The van der Waals surface area contributed by atoms with Gasteiger partial charge in [0.05, 0.1) is 6.42 Å². The van der Waals surface area contributed by atoms with Crippen molar-refractivity contribution in [3.05, 3.63) is 36.0 Å². The third kappa shape index (κ3) is 4.10. The number of carbonyl (C=O) groups is 2. The topological polar surface area (TPSA) is 68.5 Å². The second kappa shape index (κ2) is 6.22. The highest BCUT2D eigenvalue weighted by atomic mass is 16.6. The van der Waals surface area contributed by atoms with Gasteiger partial charge in [0.25, 0.3) is 0 Å². The highest BCUT2D eigenvalue weighted by Crippen LogP contribution is 2.21. The van der Waals surface area contributed by atoms with Crippen LogP contribution in [0.25, 0.3) is 10.9 Å². The van der Waals surface area contributed by atoms with Crippen molar-refractivity contribution in [3.63, 3.8) is 0 Å². The lowest BCUT2D eigenvalue weighted by Crippen LogP contribution is -2.27. The molecule has 0 spiro atoms. The number of fused-ring (bicyclic) bond motifs is 1. The molecular weight excluding hydrogens is 282 g/mol. The molecule has 1 N–H and O–H groups in total. The molecule has 0 radical (unpaired) electrons. The van der Waals surface area contributed by atoms with Crippen molar-refractivity contribution in [1.82, 2.24) is 4.57 Å². The van der Waals surface area contributed by atoms with Crippen LogP contribution in [0.5, 0.6) is 0 Å². The molecule has 1 aromatic carbocycles. The van der Waals surface area contributed by atoms with Gasteiger partial charge in [-0.2, -0.15) is 0 Å². The maximum atomic E-state index is 12.1. The number of hydrogen-bond acceptors (Lipinski definition) is 3. The zero-order valence-electron chi connectivity index (χ0n) is 13.1. The second-order valence-corrected chi connectivity index (χ2v) is 6.26. The van der Waals surface area contributed by atoms with Crippen LogP contribution in [0.3, 0.4) is 0 Å². The fraction of sp³-hybridized carbons (Fsp3) is 0.412. The first-order chi connectivity index (χ1) is 10.3. The van der Waals surface area contributed by atoms with Gasteiger partial charge in [0.1, 0.15) is 12.1 Å². The van der Waals surface area contributed by atoms with Crippen LogP contribution >= 0.6 is 0 Å². The first-order valence-corrected chi connectivity index (χ1v) is 7.27. The van der Waals surface area contributed by atoms with Crippen molar-refractivity contribution in [3.8, 4) is 0 Å². The minimum atomic E-state index is -0.853. The number of benzene rings is 1. The lowest BCUT2D eigenvalue weighted by atomic mass is 10.2. The normalized spacial score (nSPS) is 11.6. The summed E-state index contributed by atoms with van der Waals surface area (Å²) in [6.07, 6.45) is 0.414. The van der Waals surface area contributed by atoms with Crippen LogP contribution in [0.2, 0.25) is 0 Å². The van der Waals surface area contributed by atoms with Gasteiger partial charge in [0.15, 0.2) is 0 Å².